The van der Waals surface area contributed by atoms with E-state index in [1.54, 1.807) is 22.1 Å². The van der Waals surface area contributed by atoms with E-state index in [2.05, 4.69) is 4.98 Å². The minimum Gasteiger partial charge on any atom is -0.342 e. The molecule has 162 valence electrons. The van der Waals surface area contributed by atoms with Crippen molar-refractivity contribution in [3.63, 3.8) is 0 Å². The second-order valence-corrected chi connectivity index (χ2v) is 8.54. The van der Waals surface area contributed by atoms with Crippen molar-refractivity contribution < 1.29 is 23.1 Å². The monoisotopic (exact) mass is 427 g/mol. The van der Waals surface area contributed by atoms with Crippen molar-refractivity contribution in [2.45, 2.75) is 50.5 Å². The lowest BCUT2D eigenvalue weighted by Gasteiger charge is -2.37. The molecular formula is C23H23F2N3O3. The molecule has 2 aromatic rings. The Morgan fingerprint density at radius 1 is 1.16 bits per heavy atom. The van der Waals surface area contributed by atoms with Crippen LogP contribution in [0.1, 0.15) is 53.3 Å². The zero-order chi connectivity index (χ0) is 21.8. The average molecular weight is 427 g/mol. The first kappa shape index (κ1) is 20.1. The van der Waals surface area contributed by atoms with Gasteiger partial charge in [0.1, 0.15) is 23.6 Å². The maximum Gasteiger partial charge on any atom is 0.272 e. The number of hydrogen-bond donors (Lipinski definition) is 0. The Labute approximate surface area is 178 Å². The lowest BCUT2D eigenvalue weighted by Crippen LogP contribution is -2.51. The second kappa shape index (κ2) is 7.37. The van der Waals surface area contributed by atoms with Crippen molar-refractivity contribution in [3.05, 3.63) is 65.0 Å². The quantitative estimate of drug-likeness (QED) is 0.737. The number of piperidine rings is 1. The van der Waals surface area contributed by atoms with Crippen molar-refractivity contribution in [3.8, 4) is 0 Å². The summed E-state index contributed by atoms with van der Waals surface area (Å²) in [5, 5.41) is 0. The number of nitrogens with zero attached hydrogens (tertiary/aromatic N) is 3. The molecule has 0 unspecified atom stereocenters. The zero-order valence-corrected chi connectivity index (χ0v) is 17.2. The van der Waals surface area contributed by atoms with Gasteiger partial charge in [-0.15, -0.1) is 0 Å². The first-order valence-corrected chi connectivity index (χ1v) is 10.6. The number of likely N-dealkylation sites (tertiary alicyclic amines) is 1. The van der Waals surface area contributed by atoms with Gasteiger partial charge in [-0.25, -0.2) is 8.78 Å². The van der Waals surface area contributed by atoms with Crippen LogP contribution in [-0.4, -0.2) is 51.5 Å². The van der Waals surface area contributed by atoms with Gasteiger partial charge >= 0.3 is 0 Å². The van der Waals surface area contributed by atoms with Crippen LogP contribution in [0.25, 0.3) is 0 Å². The number of benzene rings is 1. The topological polar surface area (TPSA) is 62.7 Å². The normalized spacial score (nSPS) is 24.7. The van der Waals surface area contributed by atoms with Gasteiger partial charge in [-0.2, -0.15) is 0 Å². The highest BCUT2D eigenvalue weighted by atomic mass is 19.1. The summed E-state index contributed by atoms with van der Waals surface area (Å²) in [4.78, 5) is 33.8. The fourth-order valence-electron chi connectivity index (χ4n) is 5.07. The van der Waals surface area contributed by atoms with Crippen LogP contribution in [0, 0.1) is 18.6 Å². The molecule has 3 aliphatic heterocycles. The fourth-order valence-corrected chi connectivity index (χ4v) is 5.07. The van der Waals surface area contributed by atoms with Gasteiger partial charge in [-0.05, 0) is 49.1 Å². The third kappa shape index (κ3) is 3.29. The fraction of sp³-hybridized carbons (Fsp3) is 0.435. The van der Waals surface area contributed by atoms with Gasteiger partial charge in [0.2, 0.25) is 0 Å². The predicted octanol–water partition coefficient (Wildman–Crippen LogP) is 3.36. The van der Waals surface area contributed by atoms with Gasteiger partial charge in [-0.1, -0.05) is 6.07 Å². The van der Waals surface area contributed by atoms with Gasteiger partial charge in [0.15, 0.2) is 5.60 Å². The number of fused-ring (bicyclic) bond motifs is 1. The molecule has 0 bridgehead atoms. The van der Waals surface area contributed by atoms with Crippen LogP contribution in [0.4, 0.5) is 8.78 Å². The Bertz CT molecular complexity index is 1030. The molecule has 31 heavy (non-hydrogen) atoms. The molecule has 2 amide bonds. The third-order valence-electron chi connectivity index (χ3n) is 6.66. The summed E-state index contributed by atoms with van der Waals surface area (Å²) in [6, 6.07) is 6.62. The highest BCUT2D eigenvalue weighted by molar-refractivity contribution is 5.94. The number of ether oxygens (including phenoxy) is 1. The molecule has 0 N–H and O–H groups in total. The van der Waals surface area contributed by atoms with Gasteiger partial charge in [0, 0.05) is 38.2 Å². The SMILES string of the molecule is Cc1cccnc1C(=O)N1CCC2(CC1)O[C@@H]1CC[C@@H](c3cc(F)cc(F)c3)N1C2=O. The van der Waals surface area contributed by atoms with Crippen LogP contribution >= 0.6 is 0 Å². The van der Waals surface area contributed by atoms with E-state index in [9.17, 15) is 18.4 Å². The molecule has 1 aromatic heterocycles. The maximum absolute atomic E-state index is 13.7. The number of carbonyl (C=O) groups excluding carboxylic acids is 2. The molecule has 0 radical (unpaired) electrons. The van der Waals surface area contributed by atoms with E-state index in [0.717, 1.165) is 11.6 Å². The van der Waals surface area contributed by atoms with E-state index < -0.39 is 29.5 Å². The number of halogens is 2. The maximum atomic E-state index is 13.7. The van der Waals surface area contributed by atoms with Gasteiger partial charge in [0.25, 0.3) is 11.8 Å². The first-order chi connectivity index (χ1) is 14.9. The van der Waals surface area contributed by atoms with Crippen molar-refractivity contribution >= 4 is 11.8 Å². The number of rotatable bonds is 2. The summed E-state index contributed by atoms with van der Waals surface area (Å²) in [6.45, 7) is 2.62. The van der Waals surface area contributed by atoms with Crippen molar-refractivity contribution in [2.75, 3.05) is 13.1 Å². The molecule has 3 fully saturated rings. The molecule has 1 aromatic carbocycles. The summed E-state index contributed by atoms with van der Waals surface area (Å²) >= 11 is 0. The van der Waals surface area contributed by atoms with Crippen LogP contribution in [-0.2, 0) is 9.53 Å². The molecule has 0 saturated carbocycles. The van der Waals surface area contributed by atoms with E-state index in [1.165, 1.54) is 12.1 Å². The van der Waals surface area contributed by atoms with E-state index in [0.29, 0.717) is 50.0 Å². The van der Waals surface area contributed by atoms with Crippen molar-refractivity contribution in [2.24, 2.45) is 0 Å². The van der Waals surface area contributed by atoms with E-state index in [4.69, 9.17) is 4.74 Å². The largest absolute Gasteiger partial charge is 0.342 e. The third-order valence-corrected chi connectivity index (χ3v) is 6.66. The summed E-state index contributed by atoms with van der Waals surface area (Å²) in [6.07, 6.45) is 3.19. The molecule has 0 aliphatic carbocycles. The summed E-state index contributed by atoms with van der Waals surface area (Å²) in [7, 11) is 0. The minimum atomic E-state index is -0.981. The van der Waals surface area contributed by atoms with E-state index in [-0.39, 0.29) is 11.8 Å². The minimum absolute atomic E-state index is 0.146. The Morgan fingerprint density at radius 3 is 2.55 bits per heavy atom. The number of pyridine rings is 1. The molecule has 1 spiro atoms. The van der Waals surface area contributed by atoms with Gasteiger partial charge in [0.05, 0.1) is 6.04 Å². The predicted molar refractivity (Wildman–Crippen MR) is 107 cm³/mol. The van der Waals surface area contributed by atoms with Crippen LogP contribution in [0.3, 0.4) is 0 Å². The molecule has 3 saturated heterocycles. The Balaban J connectivity index is 1.32. The lowest BCUT2D eigenvalue weighted by atomic mass is 9.89. The van der Waals surface area contributed by atoms with Crippen LogP contribution < -0.4 is 0 Å². The Kier molecular flexibility index (Phi) is 4.77. The molecule has 6 nitrogen and oxygen atoms in total. The number of amides is 2. The van der Waals surface area contributed by atoms with Crippen LogP contribution in [0.15, 0.2) is 36.5 Å². The standard InChI is InChI=1S/C23H23F2N3O3/c1-14-3-2-8-26-20(14)21(29)27-9-6-23(7-10-27)22(30)28-18(4-5-19(28)31-23)15-11-16(24)13-17(25)12-15/h2-3,8,11-13,18-19H,4-7,9-10H2,1H3/t18-,19+/m0/s1. The zero-order valence-electron chi connectivity index (χ0n) is 17.2. The number of hydrogen-bond acceptors (Lipinski definition) is 4. The Hall–Kier alpha value is -2.87. The molecule has 5 rings (SSSR count). The van der Waals surface area contributed by atoms with Gasteiger partial charge in [-0.3, -0.25) is 14.6 Å². The summed E-state index contributed by atoms with van der Waals surface area (Å²) < 4.78 is 33.7. The average Bonchev–Trinajstić information content (AvgIpc) is 3.26. The molecule has 8 heteroatoms. The van der Waals surface area contributed by atoms with Crippen molar-refractivity contribution in [1.29, 1.82) is 0 Å². The molecular weight excluding hydrogens is 404 g/mol. The Morgan fingerprint density at radius 2 is 1.87 bits per heavy atom. The number of aryl methyl sites for hydroxylation is 1. The van der Waals surface area contributed by atoms with Crippen LogP contribution in [0.5, 0.6) is 0 Å². The van der Waals surface area contributed by atoms with E-state index >= 15 is 0 Å². The van der Waals surface area contributed by atoms with E-state index in [1.807, 2.05) is 13.0 Å². The first-order valence-electron chi connectivity index (χ1n) is 10.6. The number of aromatic nitrogens is 1. The van der Waals surface area contributed by atoms with Crippen molar-refractivity contribution in [1.82, 2.24) is 14.8 Å². The highest BCUT2D eigenvalue weighted by Gasteiger charge is 2.58. The summed E-state index contributed by atoms with van der Waals surface area (Å²) in [5.74, 6) is -1.60. The molecule has 3 aliphatic rings. The lowest BCUT2D eigenvalue weighted by molar-refractivity contribution is -0.142. The van der Waals surface area contributed by atoms with Gasteiger partial charge < -0.3 is 14.5 Å². The number of carbonyl (C=O) groups is 2. The smallest absolute Gasteiger partial charge is 0.272 e. The second-order valence-electron chi connectivity index (χ2n) is 8.54. The van der Waals surface area contributed by atoms with Crippen LogP contribution in [0.2, 0.25) is 0 Å². The molecule has 4 heterocycles. The molecule has 2 atom stereocenters. The summed E-state index contributed by atoms with van der Waals surface area (Å²) in [5.41, 5.74) is 0.704. The highest BCUT2D eigenvalue weighted by Crippen LogP contribution is 2.47.